The first kappa shape index (κ1) is 10.9. The van der Waals surface area contributed by atoms with Gasteiger partial charge in [-0.1, -0.05) is 25.3 Å². The second-order valence-electron chi connectivity index (χ2n) is 5.58. The van der Waals surface area contributed by atoms with Crippen molar-refractivity contribution in [3.05, 3.63) is 23.8 Å². The van der Waals surface area contributed by atoms with Crippen LogP contribution in [-0.2, 0) is 0 Å². The first-order valence-electron chi connectivity index (χ1n) is 6.94. The zero-order chi connectivity index (χ0) is 11.7. The molecule has 2 N–H and O–H groups in total. The Balaban J connectivity index is 1.87. The molecule has 92 valence electrons. The third kappa shape index (κ3) is 2.26. The van der Waals surface area contributed by atoms with Crippen molar-refractivity contribution in [3.8, 4) is 0 Å². The van der Waals surface area contributed by atoms with Gasteiger partial charge in [0, 0.05) is 12.6 Å². The average Bonchev–Trinajstić information content (AvgIpc) is 2.61. The molecule has 0 bridgehead atoms. The van der Waals surface area contributed by atoms with Gasteiger partial charge in [-0.3, -0.25) is 0 Å². The predicted molar refractivity (Wildman–Crippen MR) is 73.7 cm³/mol. The fourth-order valence-corrected chi connectivity index (χ4v) is 3.19. The number of rotatable bonds is 0. The summed E-state index contributed by atoms with van der Waals surface area (Å²) in [4.78, 5) is 0. The molecule has 0 aromatic heterocycles. The largest absolute Gasteiger partial charge is 0.383 e. The number of benzene rings is 1. The molecular formula is C15H22N2. The van der Waals surface area contributed by atoms with Crippen molar-refractivity contribution in [1.82, 2.24) is 0 Å². The Labute approximate surface area is 104 Å². The van der Waals surface area contributed by atoms with E-state index < -0.39 is 0 Å². The molecule has 1 aromatic carbocycles. The van der Waals surface area contributed by atoms with Gasteiger partial charge in [-0.05, 0) is 43.4 Å². The van der Waals surface area contributed by atoms with Crippen LogP contribution in [0.4, 0.5) is 11.4 Å². The molecule has 0 spiro atoms. The molecule has 0 radical (unpaired) electrons. The van der Waals surface area contributed by atoms with Gasteiger partial charge in [0.25, 0.3) is 0 Å². The van der Waals surface area contributed by atoms with Crippen LogP contribution in [0.3, 0.4) is 0 Å². The predicted octanol–water partition coefficient (Wildman–Crippen LogP) is 3.78. The minimum Gasteiger partial charge on any atom is -0.383 e. The molecule has 2 atom stereocenters. The highest BCUT2D eigenvalue weighted by molar-refractivity contribution is 5.70. The average molecular weight is 230 g/mol. The minimum atomic E-state index is 0.674. The Bertz CT molecular complexity index is 400. The van der Waals surface area contributed by atoms with Crippen molar-refractivity contribution in [2.24, 2.45) is 5.92 Å². The van der Waals surface area contributed by atoms with Crippen LogP contribution >= 0.6 is 0 Å². The first-order chi connectivity index (χ1) is 8.33. The van der Waals surface area contributed by atoms with Crippen LogP contribution in [0.5, 0.6) is 0 Å². The lowest BCUT2D eigenvalue weighted by atomic mass is 9.95. The summed E-state index contributed by atoms with van der Waals surface area (Å²) in [7, 11) is 0. The molecule has 0 amide bonds. The molecule has 2 nitrogen and oxygen atoms in total. The van der Waals surface area contributed by atoms with Crippen LogP contribution in [0.2, 0.25) is 0 Å². The van der Waals surface area contributed by atoms with E-state index in [0.717, 1.165) is 12.5 Å². The van der Waals surface area contributed by atoms with Crippen molar-refractivity contribution in [1.29, 1.82) is 0 Å². The molecule has 1 aliphatic heterocycles. The van der Waals surface area contributed by atoms with E-state index in [1.165, 1.54) is 49.0 Å². The third-order valence-electron chi connectivity index (χ3n) is 4.23. The molecule has 2 aliphatic rings. The molecule has 0 saturated heterocycles. The lowest BCUT2D eigenvalue weighted by molar-refractivity contribution is 0.444. The minimum absolute atomic E-state index is 0.674. The normalized spacial score (nSPS) is 27.8. The summed E-state index contributed by atoms with van der Waals surface area (Å²) in [6.07, 6.45) is 6.90. The van der Waals surface area contributed by atoms with E-state index in [2.05, 4.69) is 35.8 Å². The van der Waals surface area contributed by atoms with E-state index in [-0.39, 0.29) is 0 Å². The van der Waals surface area contributed by atoms with Gasteiger partial charge in [-0.15, -0.1) is 0 Å². The van der Waals surface area contributed by atoms with Crippen LogP contribution in [-0.4, -0.2) is 12.6 Å². The van der Waals surface area contributed by atoms with Gasteiger partial charge in [-0.2, -0.15) is 0 Å². The van der Waals surface area contributed by atoms with Crippen LogP contribution in [0, 0.1) is 12.8 Å². The number of hydrogen-bond donors (Lipinski definition) is 2. The summed E-state index contributed by atoms with van der Waals surface area (Å²) in [5.74, 6) is 0.796. The molecule has 2 heteroatoms. The Morgan fingerprint density at radius 1 is 1.06 bits per heavy atom. The summed E-state index contributed by atoms with van der Waals surface area (Å²) in [6.45, 7) is 3.30. The number of nitrogens with one attached hydrogen (secondary N) is 2. The van der Waals surface area contributed by atoms with Crippen molar-refractivity contribution < 1.29 is 0 Å². The zero-order valence-electron chi connectivity index (χ0n) is 10.6. The maximum Gasteiger partial charge on any atom is 0.0580 e. The molecule has 1 fully saturated rings. The molecule has 3 rings (SSSR count). The first-order valence-corrected chi connectivity index (χ1v) is 6.94. The molecule has 1 heterocycles. The molecular weight excluding hydrogens is 208 g/mol. The van der Waals surface area contributed by atoms with Crippen LogP contribution in [0.1, 0.15) is 37.7 Å². The van der Waals surface area contributed by atoms with Crippen molar-refractivity contribution >= 4 is 11.4 Å². The monoisotopic (exact) mass is 230 g/mol. The van der Waals surface area contributed by atoms with Gasteiger partial charge in [0.15, 0.2) is 0 Å². The van der Waals surface area contributed by atoms with Crippen molar-refractivity contribution in [2.45, 2.75) is 45.1 Å². The molecule has 1 aliphatic carbocycles. The summed E-state index contributed by atoms with van der Waals surface area (Å²) < 4.78 is 0. The van der Waals surface area contributed by atoms with Gasteiger partial charge >= 0.3 is 0 Å². The Hall–Kier alpha value is -1.18. The van der Waals surface area contributed by atoms with E-state index in [9.17, 15) is 0 Å². The summed E-state index contributed by atoms with van der Waals surface area (Å²) >= 11 is 0. The highest BCUT2D eigenvalue weighted by Gasteiger charge is 2.26. The Morgan fingerprint density at radius 2 is 1.94 bits per heavy atom. The molecule has 17 heavy (non-hydrogen) atoms. The Kier molecular flexibility index (Phi) is 2.96. The summed E-state index contributed by atoms with van der Waals surface area (Å²) in [6, 6.07) is 7.35. The number of hydrogen-bond acceptors (Lipinski definition) is 2. The third-order valence-corrected chi connectivity index (χ3v) is 4.23. The standard InChI is InChI=1S/C15H22N2/c1-11-7-8-14-15(9-11)17-13-6-4-2-3-5-12(13)10-16-14/h7-9,12-13,16-17H,2-6,10H2,1H3. The highest BCUT2D eigenvalue weighted by atomic mass is 15.0. The SMILES string of the molecule is Cc1ccc2c(c1)NC1CCCCCC1CN2. The van der Waals surface area contributed by atoms with E-state index in [1.54, 1.807) is 0 Å². The van der Waals surface area contributed by atoms with Crippen LogP contribution in [0.15, 0.2) is 18.2 Å². The van der Waals surface area contributed by atoms with E-state index in [1.807, 2.05) is 0 Å². The number of anilines is 2. The highest BCUT2D eigenvalue weighted by Crippen LogP contribution is 2.33. The summed E-state index contributed by atoms with van der Waals surface area (Å²) in [5.41, 5.74) is 3.92. The maximum atomic E-state index is 3.78. The zero-order valence-corrected chi connectivity index (χ0v) is 10.6. The van der Waals surface area contributed by atoms with Gasteiger partial charge in [-0.25, -0.2) is 0 Å². The van der Waals surface area contributed by atoms with Crippen molar-refractivity contribution in [2.75, 3.05) is 17.2 Å². The van der Waals surface area contributed by atoms with Gasteiger partial charge in [0.2, 0.25) is 0 Å². The quantitative estimate of drug-likeness (QED) is 0.708. The van der Waals surface area contributed by atoms with Gasteiger partial charge in [0.05, 0.1) is 11.4 Å². The fourth-order valence-electron chi connectivity index (χ4n) is 3.19. The Morgan fingerprint density at radius 3 is 2.88 bits per heavy atom. The summed E-state index contributed by atoms with van der Waals surface area (Å²) in [5, 5.41) is 7.40. The number of fused-ring (bicyclic) bond motifs is 2. The van der Waals surface area contributed by atoms with Crippen LogP contribution < -0.4 is 10.6 Å². The van der Waals surface area contributed by atoms with Gasteiger partial charge in [0.1, 0.15) is 0 Å². The second kappa shape index (κ2) is 4.59. The topological polar surface area (TPSA) is 24.1 Å². The molecule has 1 aromatic rings. The second-order valence-corrected chi connectivity index (χ2v) is 5.58. The lowest BCUT2D eigenvalue weighted by Gasteiger charge is -2.23. The smallest absolute Gasteiger partial charge is 0.0580 e. The van der Waals surface area contributed by atoms with E-state index in [0.29, 0.717) is 6.04 Å². The van der Waals surface area contributed by atoms with E-state index in [4.69, 9.17) is 0 Å². The van der Waals surface area contributed by atoms with Crippen molar-refractivity contribution in [3.63, 3.8) is 0 Å². The van der Waals surface area contributed by atoms with Gasteiger partial charge < -0.3 is 10.6 Å². The fraction of sp³-hybridized carbons (Fsp3) is 0.600. The lowest BCUT2D eigenvalue weighted by Crippen LogP contribution is -2.30. The van der Waals surface area contributed by atoms with Crippen LogP contribution in [0.25, 0.3) is 0 Å². The molecule has 1 saturated carbocycles. The maximum absolute atomic E-state index is 3.78. The number of aryl methyl sites for hydroxylation is 1. The van der Waals surface area contributed by atoms with E-state index >= 15 is 0 Å². The molecule has 2 unspecified atom stereocenters.